The van der Waals surface area contributed by atoms with Gasteiger partial charge in [-0.05, 0) is 61.1 Å². The largest absolute Gasteiger partial charge is 0.385 e. The van der Waals surface area contributed by atoms with Crippen molar-refractivity contribution < 1.29 is 9.90 Å². The van der Waals surface area contributed by atoms with Crippen LogP contribution in [0.3, 0.4) is 0 Å². The van der Waals surface area contributed by atoms with Gasteiger partial charge in [-0.1, -0.05) is 38.1 Å². The number of carbonyl (C=O) groups excluding carboxylic acids is 1. The van der Waals surface area contributed by atoms with Gasteiger partial charge in [0.05, 0.1) is 5.60 Å². The number of Topliss-reactive ketones (excluding diaryl/α,β-unsaturated/α-hetero) is 1. The van der Waals surface area contributed by atoms with Crippen LogP contribution in [0, 0.1) is 0 Å². The fraction of sp³-hybridized carbons (Fsp3) is 0.435. The zero-order valence-corrected chi connectivity index (χ0v) is 15.9. The van der Waals surface area contributed by atoms with Gasteiger partial charge in [-0.25, -0.2) is 0 Å². The van der Waals surface area contributed by atoms with E-state index < -0.39 is 5.60 Å². The van der Waals surface area contributed by atoms with Crippen LogP contribution in [0.4, 0.5) is 5.69 Å². The zero-order chi connectivity index (χ0) is 18.6. The summed E-state index contributed by atoms with van der Waals surface area (Å²) in [6, 6.07) is 16.3. The molecule has 0 bridgehead atoms. The molecule has 0 amide bonds. The van der Waals surface area contributed by atoms with Crippen molar-refractivity contribution in [1.82, 2.24) is 0 Å². The van der Waals surface area contributed by atoms with Crippen LogP contribution in [0.5, 0.6) is 0 Å². The highest BCUT2D eigenvalue weighted by molar-refractivity contribution is 5.96. The lowest BCUT2D eigenvalue weighted by molar-refractivity contribution is 0.0117. The summed E-state index contributed by atoms with van der Waals surface area (Å²) >= 11 is 0. The predicted molar refractivity (Wildman–Crippen MR) is 107 cm³/mol. The Morgan fingerprint density at radius 2 is 1.77 bits per heavy atom. The number of hydrogen-bond donors (Lipinski definition) is 1. The third kappa shape index (κ3) is 3.99. The van der Waals surface area contributed by atoms with Gasteiger partial charge < -0.3 is 10.0 Å². The average molecular weight is 351 g/mol. The molecular weight excluding hydrogens is 322 g/mol. The number of hydrogen-bond acceptors (Lipinski definition) is 3. The maximum Gasteiger partial charge on any atom is 0.162 e. The summed E-state index contributed by atoms with van der Waals surface area (Å²) in [5.41, 5.74) is 3.49. The van der Waals surface area contributed by atoms with Gasteiger partial charge in [0.25, 0.3) is 0 Å². The SMILES string of the molecule is CCCC(=O)c1ccc(N2CCC(O)(c3cccc(CC)c3)CC2)cc1. The Balaban J connectivity index is 1.67. The van der Waals surface area contributed by atoms with Crippen LogP contribution < -0.4 is 4.90 Å². The quantitative estimate of drug-likeness (QED) is 0.766. The standard InChI is InChI=1S/C23H29NO2/c1-3-6-22(25)19-9-11-21(12-10-19)24-15-13-23(26,14-16-24)20-8-5-7-18(4-2)17-20/h5,7-12,17,26H,3-4,6,13-16H2,1-2H3. The summed E-state index contributed by atoms with van der Waals surface area (Å²) in [6.07, 6.45) is 3.91. The van der Waals surface area contributed by atoms with E-state index >= 15 is 0 Å². The van der Waals surface area contributed by atoms with Gasteiger partial charge >= 0.3 is 0 Å². The Labute approximate surface area is 156 Å². The second-order valence-electron chi connectivity index (χ2n) is 7.29. The molecule has 0 saturated carbocycles. The number of aliphatic hydroxyl groups is 1. The number of piperidine rings is 1. The number of aryl methyl sites for hydroxylation is 1. The highest BCUT2D eigenvalue weighted by Crippen LogP contribution is 2.35. The van der Waals surface area contributed by atoms with Crippen molar-refractivity contribution in [2.24, 2.45) is 0 Å². The minimum absolute atomic E-state index is 0.211. The Kier molecular flexibility index (Phi) is 5.77. The molecule has 3 nitrogen and oxygen atoms in total. The first-order valence-electron chi connectivity index (χ1n) is 9.75. The van der Waals surface area contributed by atoms with Crippen LogP contribution in [-0.4, -0.2) is 24.0 Å². The van der Waals surface area contributed by atoms with E-state index in [1.54, 1.807) is 0 Å². The van der Waals surface area contributed by atoms with Gasteiger partial charge in [0.2, 0.25) is 0 Å². The van der Waals surface area contributed by atoms with Gasteiger partial charge in [0.15, 0.2) is 5.78 Å². The summed E-state index contributed by atoms with van der Waals surface area (Å²) in [7, 11) is 0. The fourth-order valence-corrected chi connectivity index (χ4v) is 3.73. The van der Waals surface area contributed by atoms with E-state index in [0.717, 1.165) is 55.6 Å². The molecule has 3 heteroatoms. The maximum atomic E-state index is 12.0. The predicted octanol–water partition coefficient (Wildman–Crippen LogP) is 4.72. The van der Waals surface area contributed by atoms with Crippen LogP contribution in [0.25, 0.3) is 0 Å². The lowest BCUT2D eigenvalue weighted by Crippen LogP contribution is -2.42. The van der Waals surface area contributed by atoms with E-state index in [0.29, 0.717) is 6.42 Å². The van der Waals surface area contributed by atoms with Gasteiger partial charge in [-0.3, -0.25) is 4.79 Å². The van der Waals surface area contributed by atoms with Crippen LogP contribution in [0.1, 0.15) is 61.0 Å². The first-order valence-corrected chi connectivity index (χ1v) is 9.75. The monoisotopic (exact) mass is 351 g/mol. The summed E-state index contributed by atoms with van der Waals surface area (Å²) in [5.74, 6) is 0.211. The molecule has 0 aromatic heterocycles. The third-order valence-electron chi connectivity index (χ3n) is 5.49. The summed E-state index contributed by atoms with van der Waals surface area (Å²) in [4.78, 5) is 14.3. The third-order valence-corrected chi connectivity index (χ3v) is 5.49. The van der Waals surface area contributed by atoms with Crippen molar-refractivity contribution in [2.45, 2.75) is 51.6 Å². The van der Waals surface area contributed by atoms with Crippen molar-refractivity contribution >= 4 is 11.5 Å². The summed E-state index contributed by atoms with van der Waals surface area (Å²) in [5, 5.41) is 11.1. The average Bonchev–Trinajstić information content (AvgIpc) is 2.69. The molecule has 1 aliphatic heterocycles. The molecule has 2 aromatic carbocycles. The second kappa shape index (κ2) is 8.05. The van der Waals surface area contributed by atoms with Gasteiger partial charge in [-0.2, -0.15) is 0 Å². The maximum absolute atomic E-state index is 12.0. The van der Waals surface area contributed by atoms with E-state index in [1.807, 2.05) is 43.3 Å². The summed E-state index contributed by atoms with van der Waals surface area (Å²) in [6.45, 7) is 5.79. The minimum atomic E-state index is -0.737. The number of nitrogens with zero attached hydrogens (tertiary/aromatic N) is 1. The Morgan fingerprint density at radius 3 is 2.38 bits per heavy atom. The molecule has 1 fully saturated rings. The van der Waals surface area contributed by atoms with Crippen molar-refractivity contribution in [3.8, 4) is 0 Å². The van der Waals surface area contributed by atoms with E-state index in [4.69, 9.17) is 0 Å². The molecule has 3 rings (SSSR count). The number of rotatable bonds is 6. The van der Waals surface area contributed by atoms with Crippen LogP contribution in [0.15, 0.2) is 48.5 Å². The molecule has 0 spiro atoms. The van der Waals surface area contributed by atoms with Crippen LogP contribution in [0.2, 0.25) is 0 Å². The summed E-state index contributed by atoms with van der Waals surface area (Å²) < 4.78 is 0. The van der Waals surface area contributed by atoms with Gasteiger partial charge in [0, 0.05) is 30.8 Å². The first-order chi connectivity index (χ1) is 12.6. The molecule has 138 valence electrons. The van der Waals surface area contributed by atoms with E-state index in [2.05, 4.69) is 24.0 Å². The minimum Gasteiger partial charge on any atom is -0.385 e. The van der Waals surface area contributed by atoms with Crippen LogP contribution in [-0.2, 0) is 12.0 Å². The molecule has 1 saturated heterocycles. The van der Waals surface area contributed by atoms with Gasteiger partial charge in [-0.15, -0.1) is 0 Å². The molecule has 1 N–H and O–H groups in total. The number of ketones is 1. The molecular formula is C23H29NO2. The molecule has 0 atom stereocenters. The molecule has 26 heavy (non-hydrogen) atoms. The number of anilines is 1. The van der Waals surface area contributed by atoms with E-state index in [9.17, 15) is 9.90 Å². The van der Waals surface area contributed by atoms with Crippen molar-refractivity contribution in [3.63, 3.8) is 0 Å². The van der Waals surface area contributed by atoms with Gasteiger partial charge in [0.1, 0.15) is 0 Å². The smallest absolute Gasteiger partial charge is 0.162 e. The Morgan fingerprint density at radius 1 is 1.08 bits per heavy atom. The van der Waals surface area contributed by atoms with Crippen molar-refractivity contribution in [1.29, 1.82) is 0 Å². The number of benzene rings is 2. The molecule has 0 radical (unpaired) electrons. The van der Waals surface area contributed by atoms with Crippen molar-refractivity contribution in [2.75, 3.05) is 18.0 Å². The van der Waals surface area contributed by atoms with Crippen LogP contribution >= 0.6 is 0 Å². The lowest BCUT2D eigenvalue weighted by Gasteiger charge is -2.39. The Bertz CT molecular complexity index is 743. The topological polar surface area (TPSA) is 40.5 Å². The fourth-order valence-electron chi connectivity index (χ4n) is 3.73. The highest BCUT2D eigenvalue weighted by atomic mass is 16.3. The van der Waals surface area contributed by atoms with Crippen molar-refractivity contribution in [3.05, 3.63) is 65.2 Å². The van der Waals surface area contributed by atoms with E-state index in [1.165, 1.54) is 5.56 Å². The first kappa shape index (κ1) is 18.7. The highest BCUT2D eigenvalue weighted by Gasteiger charge is 2.34. The molecule has 1 heterocycles. The molecule has 0 unspecified atom stereocenters. The molecule has 0 aliphatic carbocycles. The molecule has 2 aromatic rings. The second-order valence-corrected chi connectivity index (χ2v) is 7.29. The Hall–Kier alpha value is -2.13. The molecule has 1 aliphatic rings. The lowest BCUT2D eigenvalue weighted by atomic mass is 9.83. The number of carbonyl (C=O) groups is 1. The van der Waals surface area contributed by atoms with E-state index in [-0.39, 0.29) is 5.78 Å². The normalized spacial score (nSPS) is 16.5. The zero-order valence-electron chi connectivity index (χ0n) is 15.9.